The Labute approximate surface area is 171 Å². The molecule has 2 aliphatic heterocycles. The highest BCUT2D eigenvalue weighted by atomic mass is 16.5. The number of anilines is 3. The second-order valence-corrected chi connectivity index (χ2v) is 7.08. The zero-order valence-corrected chi connectivity index (χ0v) is 16.7. The third-order valence-electron chi connectivity index (χ3n) is 5.31. The number of carbonyl (C=O) groups excluding carboxylic acids is 1. The molecule has 2 saturated heterocycles. The number of nitrogens with one attached hydrogen (secondary N) is 1. The number of morpholine rings is 2. The minimum Gasteiger partial charge on any atom is -0.497 e. The Morgan fingerprint density at radius 2 is 1.52 bits per heavy atom. The maximum atomic E-state index is 12.8. The van der Waals surface area contributed by atoms with Gasteiger partial charge in [-0.2, -0.15) is 0 Å². The first-order chi connectivity index (χ1) is 14.2. The van der Waals surface area contributed by atoms with Crippen LogP contribution in [0, 0.1) is 0 Å². The van der Waals surface area contributed by atoms with Crippen LogP contribution >= 0.6 is 0 Å². The van der Waals surface area contributed by atoms with E-state index in [1.807, 2.05) is 6.07 Å². The summed E-state index contributed by atoms with van der Waals surface area (Å²) in [5, 5.41) is 3.09. The summed E-state index contributed by atoms with van der Waals surface area (Å²) in [7, 11) is 1.61. The highest BCUT2D eigenvalue weighted by Crippen LogP contribution is 2.32. The van der Waals surface area contributed by atoms with Gasteiger partial charge in [-0.1, -0.05) is 0 Å². The topological polar surface area (TPSA) is 63.3 Å². The average Bonchev–Trinajstić information content (AvgIpc) is 2.80. The van der Waals surface area contributed by atoms with Crippen molar-refractivity contribution in [1.82, 2.24) is 0 Å². The number of carbonyl (C=O) groups is 1. The van der Waals surface area contributed by atoms with Gasteiger partial charge in [0.15, 0.2) is 0 Å². The van der Waals surface area contributed by atoms with Crippen molar-refractivity contribution in [3.8, 4) is 5.75 Å². The van der Waals surface area contributed by atoms with E-state index in [9.17, 15) is 4.79 Å². The SMILES string of the molecule is COc1ccc(C(=O)Nc2ccc(N3CCOCC3)cc2N2CCOCC2)cc1. The molecule has 0 unspecified atom stereocenters. The first kappa shape index (κ1) is 19.5. The summed E-state index contributed by atoms with van der Waals surface area (Å²) in [5.41, 5.74) is 3.58. The number of rotatable bonds is 5. The molecule has 0 bridgehead atoms. The lowest BCUT2D eigenvalue weighted by Gasteiger charge is -2.33. The molecule has 4 rings (SSSR count). The van der Waals surface area contributed by atoms with Gasteiger partial charge in [0.2, 0.25) is 0 Å². The Balaban J connectivity index is 1.59. The number of amides is 1. The van der Waals surface area contributed by atoms with Crippen LogP contribution in [0.15, 0.2) is 42.5 Å². The Morgan fingerprint density at radius 3 is 2.14 bits per heavy atom. The molecule has 2 heterocycles. The van der Waals surface area contributed by atoms with E-state index in [-0.39, 0.29) is 5.91 Å². The lowest BCUT2D eigenvalue weighted by molar-refractivity contribution is 0.102. The number of hydrogen-bond donors (Lipinski definition) is 1. The maximum absolute atomic E-state index is 12.8. The number of methoxy groups -OCH3 is 1. The van der Waals surface area contributed by atoms with Crippen molar-refractivity contribution in [1.29, 1.82) is 0 Å². The lowest BCUT2D eigenvalue weighted by atomic mass is 10.1. The molecule has 7 heteroatoms. The summed E-state index contributed by atoms with van der Waals surface area (Å²) < 4.78 is 16.2. The molecule has 2 aliphatic rings. The van der Waals surface area contributed by atoms with Crippen LogP contribution in [-0.2, 0) is 9.47 Å². The molecule has 0 saturated carbocycles. The van der Waals surface area contributed by atoms with Gasteiger partial charge in [-0.3, -0.25) is 4.79 Å². The predicted octanol–water partition coefficient (Wildman–Crippen LogP) is 2.62. The normalized spacial score (nSPS) is 17.1. The third kappa shape index (κ3) is 4.63. The highest BCUT2D eigenvalue weighted by Gasteiger charge is 2.20. The summed E-state index contributed by atoms with van der Waals surface area (Å²) in [6.07, 6.45) is 0. The zero-order valence-electron chi connectivity index (χ0n) is 16.7. The van der Waals surface area contributed by atoms with E-state index in [4.69, 9.17) is 14.2 Å². The molecule has 0 spiro atoms. The summed E-state index contributed by atoms with van der Waals surface area (Å²) in [6, 6.07) is 13.4. The zero-order chi connectivity index (χ0) is 20.1. The van der Waals surface area contributed by atoms with Gasteiger partial charge >= 0.3 is 0 Å². The van der Waals surface area contributed by atoms with Crippen LogP contribution in [0.2, 0.25) is 0 Å². The van der Waals surface area contributed by atoms with E-state index < -0.39 is 0 Å². The molecular formula is C22H27N3O4. The molecule has 154 valence electrons. The van der Waals surface area contributed by atoms with Crippen LogP contribution in [0.4, 0.5) is 17.1 Å². The number of nitrogens with zero attached hydrogens (tertiary/aromatic N) is 2. The maximum Gasteiger partial charge on any atom is 0.255 e. The Bertz CT molecular complexity index is 828. The van der Waals surface area contributed by atoms with Gasteiger partial charge in [0.25, 0.3) is 5.91 Å². The van der Waals surface area contributed by atoms with Crippen LogP contribution in [-0.4, -0.2) is 65.6 Å². The van der Waals surface area contributed by atoms with Crippen LogP contribution in [0.25, 0.3) is 0 Å². The molecule has 2 fully saturated rings. The van der Waals surface area contributed by atoms with Gasteiger partial charge in [-0.15, -0.1) is 0 Å². The first-order valence-electron chi connectivity index (χ1n) is 9.99. The summed E-state index contributed by atoms with van der Waals surface area (Å²) in [4.78, 5) is 17.4. The Morgan fingerprint density at radius 1 is 0.897 bits per heavy atom. The number of hydrogen-bond acceptors (Lipinski definition) is 6. The van der Waals surface area contributed by atoms with Crippen LogP contribution < -0.4 is 19.9 Å². The molecule has 0 atom stereocenters. The second kappa shape index (κ2) is 9.15. The van der Waals surface area contributed by atoms with Gasteiger partial charge < -0.3 is 29.3 Å². The molecule has 0 aromatic heterocycles. The van der Waals surface area contributed by atoms with E-state index in [2.05, 4.69) is 27.2 Å². The smallest absolute Gasteiger partial charge is 0.255 e. The quantitative estimate of drug-likeness (QED) is 0.837. The largest absolute Gasteiger partial charge is 0.497 e. The standard InChI is InChI=1S/C22H27N3O4/c1-27-19-5-2-17(3-6-19)22(26)23-20-7-4-18(24-8-12-28-13-9-24)16-21(20)25-10-14-29-15-11-25/h2-7,16H,8-15H2,1H3,(H,23,26). The van der Waals surface area contributed by atoms with Crippen molar-refractivity contribution in [3.63, 3.8) is 0 Å². The van der Waals surface area contributed by atoms with Crippen molar-refractivity contribution in [3.05, 3.63) is 48.0 Å². The Kier molecular flexibility index (Phi) is 6.17. The molecular weight excluding hydrogens is 370 g/mol. The van der Waals surface area contributed by atoms with E-state index >= 15 is 0 Å². The van der Waals surface area contributed by atoms with Crippen molar-refractivity contribution < 1.29 is 19.0 Å². The molecule has 0 radical (unpaired) electrons. The van der Waals surface area contributed by atoms with E-state index in [1.54, 1.807) is 31.4 Å². The fraction of sp³-hybridized carbons (Fsp3) is 0.409. The molecule has 0 aliphatic carbocycles. The lowest BCUT2D eigenvalue weighted by Crippen LogP contribution is -2.38. The molecule has 1 amide bonds. The highest BCUT2D eigenvalue weighted by molar-refractivity contribution is 6.06. The van der Waals surface area contributed by atoms with E-state index in [0.717, 1.165) is 62.2 Å². The van der Waals surface area contributed by atoms with Crippen LogP contribution in [0.3, 0.4) is 0 Å². The summed E-state index contributed by atoms with van der Waals surface area (Å²) in [5.74, 6) is 0.590. The second-order valence-electron chi connectivity index (χ2n) is 7.08. The monoisotopic (exact) mass is 397 g/mol. The molecule has 7 nitrogen and oxygen atoms in total. The van der Waals surface area contributed by atoms with Crippen LogP contribution in [0.1, 0.15) is 10.4 Å². The minimum absolute atomic E-state index is 0.138. The summed E-state index contributed by atoms with van der Waals surface area (Å²) in [6.45, 7) is 6.21. The molecule has 29 heavy (non-hydrogen) atoms. The van der Waals surface area contributed by atoms with Crippen molar-refractivity contribution in [2.24, 2.45) is 0 Å². The van der Waals surface area contributed by atoms with Crippen molar-refractivity contribution in [2.45, 2.75) is 0 Å². The van der Waals surface area contributed by atoms with Crippen molar-refractivity contribution in [2.75, 3.05) is 74.8 Å². The molecule has 2 aromatic carbocycles. The summed E-state index contributed by atoms with van der Waals surface area (Å²) >= 11 is 0. The minimum atomic E-state index is -0.138. The van der Waals surface area contributed by atoms with Gasteiger partial charge in [0.05, 0.1) is 44.9 Å². The van der Waals surface area contributed by atoms with Gasteiger partial charge in [-0.05, 0) is 42.5 Å². The fourth-order valence-corrected chi connectivity index (χ4v) is 3.65. The number of ether oxygens (including phenoxy) is 3. The van der Waals surface area contributed by atoms with Crippen LogP contribution in [0.5, 0.6) is 5.75 Å². The van der Waals surface area contributed by atoms with Gasteiger partial charge in [0, 0.05) is 37.4 Å². The Hall–Kier alpha value is -2.77. The first-order valence-corrected chi connectivity index (χ1v) is 9.99. The average molecular weight is 397 g/mol. The number of benzene rings is 2. The van der Waals surface area contributed by atoms with Crippen molar-refractivity contribution >= 4 is 23.0 Å². The van der Waals surface area contributed by atoms with Gasteiger partial charge in [-0.25, -0.2) is 0 Å². The predicted molar refractivity (Wildman–Crippen MR) is 113 cm³/mol. The van der Waals surface area contributed by atoms with E-state index in [0.29, 0.717) is 18.8 Å². The van der Waals surface area contributed by atoms with Gasteiger partial charge in [0.1, 0.15) is 5.75 Å². The van der Waals surface area contributed by atoms with E-state index in [1.165, 1.54) is 0 Å². The fourth-order valence-electron chi connectivity index (χ4n) is 3.65. The molecule has 1 N–H and O–H groups in total. The molecule has 2 aromatic rings. The third-order valence-corrected chi connectivity index (χ3v) is 5.31.